The zero-order valence-corrected chi connectivity index (χ0v) is 11.6. The molecule has 104 valence electrons. The molecule has 3 nitrogen and oxygen atoms in total. The van der Waals surface area contributed by atoms with E-state index >= 15 is 0 Å². The zero-order valence-electron chi connectivity index (χ0n) is 11.6. The first-order valence-electron chi connectivity index (χ1n) is 6.85. The number of hydrogen-bond donors (Lipinski definition) is 1. The third-order valence-electron chi connectivity index (χ3n) is 2.83. The van der Waals surface area contributed by atoms with Crippen LogP contribution in [-0.4, -0.2) is 12.5 Å². The molecule has 20 heavy (non-hydrogen) atoms. The van der Waals surface area contributed by atoms with Gasteiger partial charge in [0.25, 0.3) is 0 Å². The lowest BCUT2D eigenvalue weighted by Crippen LogP contribution is -2.15. The summed E-state index contributed by atoms with van der Waals surface area (Å²) in [6, 6.07) is 17.2. The minimum atomic E-state index is -0.0382. The number of carbonyl (C=O) groups excluding carboxylic acids is 1. The Bertz CT molecular complexity index is 552. The van der Waals surface area contributed by atoms with E-state index in [1.165, 1.54) is 0 Å². The fraction of sp³-hybridized carbons (Fsp3) is 0.235. The summed E-state index contributed by atoms with van der Waals surface area (Å²) in [5.41, 5.74) is 1.72. The van der Waals surface area contributed by atoms with Crippen LogP contribution in [0.4, 0.5) is 5.69 Å². The molecular weight excluding hydrogens is 250 g/mol. The summed E-state index contributed by atoms with van der Waals surface area (Å²) in [6.45, 7) is 2.70. The molecule has 0 saturated carbocycles. The van der Waals surface area contributed by atoms with Crippen molar-refractivity contribution in [3.8, 4) is 5.75 Å². The fourth-order valence-corrected chi connectivity index (χ4v) is 1.88. The Morgan fingerprint density at radius 3 is 2.50 bits per heavy atom. The van der Waals surface area contributed by atoms with Crippen LogP contribution < -0.4 is 10.1 Å². The number of rotatable bonds is 6. The smallest absolute Gasteiger partial charge is 0.228 e. The molecule has 2 aromatic carbocycles. The first-order valence-corrected chi connectivity index (χ1v) is 6.85. The Morgan fingerprint density at radius 2 is 1.75 bits per heavy atom. The molecule has 0 radical (unpaired) electrons. The lowest BCUT2D eigenvalue weighted by atomic mass is 10.1. The number of nitrogens with one attached hydrogen (secondary N) is 1. The number of amides is 1. The maximum absolute atomic E-state index is 12.0. The van der Waals surface area contributed by atoms with E-state index in [0.29, 0.717) is 13.0 Å². The van der Waals surface area contributed by atoms with Crippen LogP contribution in [0.3, 0.4) is 0 Å². The van der Waals surface area contributed by atoms with Gasteiger partial charge in [-0.3, -0.25) is 4.79 Å². The molecule has 0 fully saturated rings. The van der Waals surface area contributed by atoms with E-state index < -0.39 is 0 Å². The highest BCUT2D eigenvalue weighted by Gasteiger charge is 2.08. The highest BCUT2D eigenvalue weighted by atomic mass is 16.5. The lowest BCUT2D eigenvalue weighted by molar-refractivity contribution is -0.115. The van der Waals surface area contributed by atoms with Crippen LogP contribution in [0, 0.1) is 0 Å². The van der Waals surface area contributed by atoms with E-state index in [-0.39, 0.29) is 5.91 Å². The van der Waals surface area contributed by atoms with E-state index in [1.54, 1.807) is 0 Å². The normalized spacial score (nSPS) is 10.1. The topological polar surface area (TPSA) is 38.3 Å². The minimum absolute atomic E-state index is 0.0382. The number of para-hydroxylation sites is 2. The van der Waals surface area contributed by atoms with Crippen molar-refractivity contribution < 1.29 is 9.53 Å². The fourth-order valence-electron chi connectivity index (χ4n) is 1.88. The van der Waals surface area contributed by atoms with Crippen LogP contribution in [0.2, 0.25) is 0 Å². The first-order chi connectivity index (χ1) is 9.79. The molecule has 0 saturated heterocycles. The number of ether oxygens (including phenoxy) is 1. The van der Waals surface area contributed by atoms with Gasteiger partial charge in [0.15, 0.2) is 0 Å². The molecule has 1 amide bonds. The summed E-state index contributed by atoms with van der Waals surface area (Å²) < 4.78 is 5.62. The van der Waals surface area contributed by atoms with Gasteiger partial charge in [-0.15, -0.1) is 0 Å². The summed E-state index contributed by atoms with van der Waals surface area (Å²) in [5, 5.41) is 2.90. The highest BCUT2D eigenvalue weighted by molar-refractivity contribution is 5.93. The van der Waals surface area contributed by atoms with Crippen LogP contribution in [0.15, 0.2) is 54.6 Å². The molecule has 0 bridgehead atoms. The molecule has 0 spiro atoms. The molecule has 0 unspecified atom stereocenters. The molecule has 1 N–H and O–H groups in total. The Balaban J connectivity index is 2.00. The summed E-state index contributed by atoms with van der Waals surface area (Å²) >= 11 is 0. The molecule has 0 aliphatic carbocycles. The predicted molar refractivity (Wildman–Crippen MR) is 81.0 cm³/mol. The van der Waals surface area contributed by atoms with Gasteiger partial charge in [0.1, 0.15) is 5.75 Å². The van der Waals surface area contributed by atoms with Gasteiger partial charge in [0, 0.05) is 0 Å². The average molecular weight is 269 g/mol. The summed E-state index contributed by atoms with van der Waals surface area (Å²) in [5.74, 6) is 0.680. The van der Waals surface area contributed by atoms with Crippen molar-refractivity contribution >= 4 is 11.6 Å². The number of carbonyl (C=O) groups is 1. The third kappa shape index (κ3) is 4.12. The van der Waals surface area contributed by atoms with Gasteiger partial charge in [0.05, 0.1) is 18.7 Å². The van der Waals surface area contributed by atoms with Gasteiger partial charge >= 0.3 is 0 Å². The van der Waals surface area contributed by atoms with E-state index in [1.807, 2.05) is 54.6 Å². The van der Waals surface area contributed by atoms with Crippen LogP contribution in [0.5, 0.6) is 5.75 Å². The Labute approximate surface area is 119 Å². The van der Waals surface area contributed by atoms with Crippen LogP contribution in [0.1, 0.15) is 18.9 Å². The van der Waals surface area contributed by atoms with Crippen molar-refractivity contribution in [3.63, 3.8) is 0 Å². The molecule has 0 aliphatic heterocycles. The monoisotopic (exact) mass is 269 g/mol. The van der Waals surface area contributed by atoms with Crippen LogP contribution in [-0.2, 0) is 11.2 Å². The standard InChI is InChI=1S/C17H19NO2/c1-2-12-20-16-11-7-6-10-15(16)18-17(19)13-14-8-4-3-5-9-14/h3-11H,2,12-13H2,1H3,(H,18,19). The Kier molecular flexibility index (Phi) is 5.18. The zero-order chi connectivity index (χ0) is 14.2. The van der Waals surface area contributed by atoms with Crippen LogP contribution in [0.25, 0.3) is 0 Å². The molecular formula is C17H19NO2. The maximum atomic E-state index is 12.0. The largest absolute Gasteiger partial charge is 0.491 e. The van der Waals surface area contributed by atoms with Gasteiger partial charge < -0.3 is 10.1 Å². The van der Waals surface area contributed by atoms with E-state index in [2.05, 4.69) is 12.2 Å². The number of benzene rings is 2. The van der Waals surface area contributed by atoms with Gasteiger partial charge in [-0.25, -0.2) is 0 Å². The molecule has 2 rings (SSSR count). The summed E-state index contributed by atoms with van der Waals surface area (Å²) in [4.78, 5) is 12.0. The summed E-state index contributed by atoms with van der Waals surface area (Å²) in [6.07, 6.45) is 1.30. The quantitative estimate of drug-likeness (QED) is 0.869. The van der Waals surface area contributed by atoms with Gasteiger partial charge in [-0.05, 0) is 24.1 Å². The second kappa shape index (κ2) is 7.34. The number of anilines is 1. The summed E-state index contributed by atoms with van der Waals surface area (Å²) in [7, 11) is 0. The van der Waals surface area contributed by atoms with Crippen molar-refractivity contribution in [2.75, 3.05) is 11.9 Å². The van der Waals surface area contributed by atoms with Gasteiger partial charge in [0.2, 0.25) is 5.91 Å². The Hall–Kier alpha value is -2.29. The molecule has 0 heterocycles. The van der Waals surface area contributed by atoms with Crippen molar-refractivity contribution in [1.82, 2.24) is 0 Å². The molecule has 0 atom stereocenters. The molecule has 0 aliphatic rings. The highest BCUT2D eigenvalue weighted by Crippen LogP contribution is 2.24. The van der Waals surface area contributed by atoms with Crippen molar-refractivity contribution in [1.29, 1.82) is 0 Å². The first kappa shape index (κ1) is 14.1. The SMILES string of the molecule is CCCOc1ccccc1NC(=O)Cc1ccccc1. The maximum Gasteiger partial charge on any atom is 0.228 e. The lowest BCUT2D eigenvalue weighted by Gasteiger charge is -2.11. The molecule has 2 aromatic rings. The van der Waals surface area contributed by atoms with E-state index in [4.69, 9.17) is 4.74 Å². The molecule has 3 heteroatoms. The van der Waals surface area contributed by atoms with E-state index in [9.17, 15) is 4.79 Å². The minimum Gasteiger partial charge on any atom is -0.491 e. The van der Waals surface area contributed by atoms with Crippen molar-refractivity contribution in [2.24, 2.45) is 0 Å². The van der Waals surface area contributed by atoms with Crippen molar-refractivity contribution in [2.45, 2.75) is 19.8 Å². The second-order valence-corrected chi connectivity index (χ2v) is 4.56. The van der Waals surface area contributed by atoms with Gasteiger partial charge in [-0.2, -0.15) is 0 Å². The predicted octanol–water partition coefficient (Wildman–Crippen LogP) is 3.66. The van der Waals surface area contributed by atoms with Crippen molar-refractivity contribution in [3.05, 3.63) is 60.2 Å². The average Bonchev–Trinajstić information content (AvgIpc) is 2.47. The third-order valence-corrected chi connectivity index (χ3v) is 2.83. The van der Waals surface area contributed by atoms with E-state index in [0.717, 1.165) is 23.4 Å². The Morgan fingerprint density at radius 1 is 1.05 bits per heavy atom. The van der Waals surface area contributed by atoms with Gasteiger partial charge in [-0.1, -0.05) is 49.4 Å². The number of hydrogen-bond acceptors (Lipinski definition) is 2. The van der Waals surface area contributed by atoms with Crippen LogP contribution >= 0.6 is 0 Å². The molecule has 0 aromatic heterocycles. The second-order valence-electron chi connectivity index (χ2n) is 4.56.